The Labute approximate surface area is 109 Å². The van der Waals surface area contributed by atoms with Gasteiger partial charge in [0.2, 0.25) is 11.7 Å². The van der Waals surface area contributed by atoms with E-state index in [1.807, 2.05) is 6.92 Å². The zero-order chi connectivity index (χ0) is 13.5. The standard InChI is InChI=1S/C10H13ClN4O3/c1-2-12-9(16)5-6-13-10-7(15(17)18)3-4-8(11)14-10/h3-4H,2,5-6H2,1H3,(H,12,16)(H,13,14). The van der Waals surface area contributed by atoms with Crippen molar-refractivity contribution in [1.29, 1.82) is 0 Å². The van der Waals surface area contributed by atoms with Crippen LogP contribution in [0.25, 0.3) is 0 Å². The summed E-state index contributed by atoms with van der Waals surface area (Å²) >= 11 is 5.66. The Kier molecular flexibility index (Phi) is 5.31. The van der Waals surface area contributed by atoms with Crippen LogP contribution >= 0.6 is 11.6 Å². The Morgan fingerprint density at radius 1 is 1.56 bits per heavy atom. The van der Waals surface area contributed by atoms with Gasteiger partial charge in [-0.3, -0.25) is 14.9 Å². The van der Waals surface area contributed by atoms with E-state index < -0.39 is 4.92 Å². The van der Waals surface area contributed by atoms with Crippen molar-refractivity contribution in [2.45, 2.75) is 13.3 Å². The number of amides is 1. The van der Waals surface area contributed by atoms with Gasteiger partial charge in [0.15, 0.2) is 0 Å². The van der Waals surface area contributed by atoms with Crippen LogP contribution in [0, 0.1) is 10.1 Å². The van der Waals surface area contributed by atoms with E-state index in [9.17, 15) is 14.9 Å². The smallest absolute Gasteiger partial charge is 0.311 e. The Morgan fingerprint density at radius 2 is 2.28 bits per heavy atom. The number of pyridine rings is 1. The summed E-state index contributed by atoms with van der Waals surface area (Å²) in [7, 11) is 0. The zero-order valence-corrected chi connectivity index (χ0v) is 10.5. The lowest BCUT2D eigenvalue weighted by atomic mass is 10.3. The van der Waals surface area contributed by atoms with E-state index in [4.69, 9.17) is 11.6 Å². The van der Waals surface area contributed by atoms with Gasteiger partial charge in [0.05, 0.1) is 4.92 Å². The first-order chi connectivity index (χ1) is 8.54. The van der Waals surface area contributed by atoms with E-state index in [2.05, 4.69) is 15.6 Å². The molecule has 0 unspecified atom stereocenters. The molecule has 2 N–H and O–H groups in total. The second-order valence-corrected chi connectivity index (χ2v) is 3.78. The molecule has 0 saturated carbocycles. The molecule has 0 saturated heterocycles. The minimum Gasteiger partial charge on any atom is -0.364 e. The monoisotopic (exact) mass is 272 g/mol. The highest BCUT2D eigenvalue weighted by Crippen LogP contribution is 2.23. The van der Waals surface area contributed by atoms with Gasteiger partial charge in [0.25, 0.3) is 0 Å². The lowest BCUT2D eigenvalue weighted by molar-refractivity contribution is -0.384. The van der Waals surface area contributed by atoms with Crippen molar-refractivity contribution in [3.05, 3.63) is 27.4 Å². The fraction of sp³-hybridized carbons (Fsp3) is 0.400. The van der Waals surface area contributed by atoms with Crippen LogP contribution in [-0.4, -0.2) is 28.9 Å². The third-order valence-electron chi connectivity index (χ3n) is 2.06. The molecule has 1 amide bonds. The molecule has 1 heterocycles. The first-order valence-electron chi connectivity index (χ1n) is 5.36. The normalized spacial score (nSPS) is 9.89. The van der Waals surface area contributed by atoms with Crippen molar-refractivity contribution >= 4 is 29.0 Å². The van der Waals surface area contributed by atoms with Gasteiger partial charge >= 0.3 is 5.69 Å². The second-order valence-electron chi connectivity index (χ2n) is 3.39. The van der Waals surface area contributed by atoms with Gasteiger partial charge in [-0.25, -0.2) is 4.98 Å². The summed E-state index contributed by atoms with van der Waals surface area (Å²) in [6.07, 6.45) is 0.208. The number of nitro groups is 1. The summed E-state index contributed by atoms with van der Waals surface area (Å²) in [6.45, 7) is 2.61. The summed E-state index contributed by atoms with van der Waals surface area (Å²) in [6, 6.07) is 2.61. The van der Waals surface area contributed by atoms with E-state index in [1.165, 1.54) is 12.1 Å². The van der Waals surface area contributed by atoms with E-state index in [0.29, 0.717) is 6.54 Å². The van der Waals surface area contributed by atoms with Gasteiger partial charge in [0.1, 0.15) is 5.15 Å². The highest BCUT2D eigenvalue weighted by atomic mass is 35.5. The van der Waals surface area contributed by atoms with Crippen molar-refractivity contribution in [3.8, 4) is 0 Å². The number of aromatic nitrogens is 1. The van der Waals surface area contributed by atoms with Crippen molar-refractivity contribution in [3.63, 3.8) is 0 Å². The van der Waals surface area contributed by atoms with E-state index >= 15 is 0 Å². The predicted octanol–water partition coefficient (Wildman–Crippen LogP) is 1.58. The number of carbonyl (C=O) groups is 1. The van der Waals surface area contributed by atoms with Crippen molar-refractivity contribution in [2.75, 3.05) is 18.4 Å². The molecule has 0 aromatic carbocycles. The first-order valence-corrected chi connectivity index (χ1v) is 5.74. The number of hydrogen-bond donors (Lipinski definition) is 2. The quantitative estimate of drug-likeness (QED) is 0.465. The van der Waals surface area contributed by atoms with E-state index in [0.717, 1.165) is 0 Å². The maximum atomic E-state index is 11.2. The van der Waals surface area contributed by atoms with Gasteiger partial charge in [-0.05, 0) is 13.0 Å². The molecule has 18 heavy (non-hydrogen) atoms. The molecule has 0 aliphatic carbocycles. The summed E-state index contributed by atoms with van der Waals surface area (Å²) in [5, 5.41) is 16.2. The Morgan fingerprint density at radius 3 is 2.89 bits per heavy atom. The molecule has 1 aromatic rings. The third kappa shape index (κ3) is 4.17. The fourth-order valence-electron chi connectivity index (χ4n) is 1.29. The summed E-state index contributed by atoms with van der Waals surface area (Å²) in [4.78, 5) is 25.2. The lowest BCUT2D eigenvalue weighted by Gasteiger charge is -2.06. The first kappa shape index (κ1) is 14.2. The van der Waals surface area contributed by atoms with Crippen LogP contribution in [0.4, 0.5) is 11.5 Å². The third-order valence-corrected chi connectivity index (χ3v) is 2.27. The van der Waals surface area contributed by atoms with Gasteiger partial charge in [-0.1, -0.05) is 11.6 Å². The number of halogens is 1. The van der Waals surface area contributed by atoms with E-state index in [1.54, 1.807) is 0 Å². The molecule has 8 heteroatoms. The molecule has 0 aliphatic rings. The molecule has 0 spiro atoms. The minimum absolute atomic E-state index is 0.0665. The van der Waals surface area contributed by atoms with Crippen LogP contribution in [0.3, 0.4) is 0 Å². The molecule has 98 valence electrons. The minimum atomic E-state index is -0.558. The van der Waals surface area contributed by atoms with Crippen molar-refractivity contribution in [1.82, 2.24) is 10.3 Å². The molecular weight excluding hydrogens is 260 g/mol. The number of anilines is 1. The number of nitrogens with zero attached hydrogens (tertiary/aromatic N) is 2. The molecule has 0 fully saturated rings. The topological polar surface area (TPSA) is 97.2 Å². The van der Waals surface area contributed by atoms with Crippen LogP contribution in [0.5, 0.6) is 0 Å². The summed E-state index contributed by atoms with van der Waals surface area (Å²) in [5.74, 6) is -0.0634. The van der Waals surface area contributed by atoms with Crippen LogP contribution < -0.4 is 10.6 Å². The summed E-state index contributed by atoms with van der Waals surface area (Å²) < 4.78 is 0. The van der Waals surface area contributed by atoms with Gasteiger partial charge in [-0.15, -0.1) is 0 Å². The molecule has 7 nitrogen and oxygen atoms in total. The van der Waals surface area contributed by atoms with Crippen LogP contribution in [0.2, 0.25) is 5.15 Å². The average molecular weight is 273 g/mol. The molecule has 0 bridgehead atoms. The molecule has 1 rings (SSSR count). The average Bonchev–Trinajstić information content (AvgIpc) is 2.29. The Hall–Kier alpha value is -1.89. The number of rotatable bonds is 6. The number of nitrogens with one attached hydrogen (secondary N) is 2. The van der Waals surface area contributed by atoms with Gasteiger partial charge in [-0.2, -0.15) is 0 Å². The molecule has 0 radical (unpaired) electrons. The number of hydrogen-bond acceptors (Lipinski definition) is 5. The Bertz CT molecular complexity index is 453. The largest absolute Gasteiger partial charge is 0.364 e. The highest BCUT2D eigenvalue weighted by Gasteiger charge is 2.15. The van der Waals surface area contributed by atoms with Crippen LogP contribution in [0.15, 0.2) is 12.1 Å². The van der Waals surface area contributed by atoms with Gasteiger partial charge in [0, 0.05) is 25.6 Å². The molecule has 0 aliphatic heterocycles. The van der Waals surface area contributed by atoms with Crippen LogP contribution in [-0.2, 0) is 4.79 Å². The molecular formula is C10H13ClN4O3. The lowest BCUT2D eigenvalue weighted by Crippen LogP contribution is -2.25. The number of carbonyl (C=O) groups excluding carboxylic acids is 1. The zero-order valence-electron chi connectivity index (χ0n) is 9.77. The molecule has 1 aromatic heterocycles. The molecule has 0 atom stereocenters. The summed E-state index contributed by atoms with van der Waals surface area (Å²) in [5.41, 5.74) is -0.171. The second kappa shape index (κ2) is 6.75. The maximum absolute atomic E-state index is 11.2. The highest BCUT2D eigenvalue weighted by molar-refractivity contribution is 6.29. The van der Waals surface area contributed by atoms with Crippen LogP contribution in [0.1, 0.15) is 13.3 Å². The Balaban J connectivity index is 2.63. The fourth-order valence-corrected chi connectivity index (χ4v) is 1.43. The van der Waals surface area contributed by atoms with Crippen molar-refractivity contribution in [2.24, 2.45) is 0 Å². The van der Waals surface area contributed by atoms with Gasteiger partial charge < -0.3 is 10.6 Å². The van der Waals surface area contributed by atoms with Crippen molar-refractivity contribution < 1.29 is 9.72 Å². The van der Waals surface area contributed by atoms with E-state index in [-0.39, 0.29) is 35.5 Å². The SMILES string of the molecule is CCNC(=O)CCNc1nc(Cl)ccc1[N+](=O)[O-]. The maximum Gasteiger partial charge on any atom is 0.311 e. The predicted molar refractivity (Wildman–Crippen MR) is 67.7 cm³/mol.